The summed E-state index contributed by atoms with van der Waals surface area (Å²) in [6.45, 7) is 4.00. The number of hydrogen-bond acceptors (Lipinski definition) is 3. The van der Waals surface area contributed by atoms with E-state index in [1.165, 1.54) is 6.07 Å². The van der Waals surface area contributed by atoms with Crippen LogP contribution in [0.2, 0.25) is 0 Å². The zero-order valence-corrected chi connectivity index (χ0v) is 12.2. The third-order valence-electron chi connectivity index (χ3n) is 0.922. The van der Waals surface area contributed by atoms with E-state index < -0.39 is 10.1 Å². The van der Waals surface area contributed by atoms with Gasteiger partial charge in [-0.05, 0) is 0 Å². The summed E-state index contributed by atoms with van der Waals surface area (Å²) in [5.41, 5.74) is 0. The average Bonchev–Trinajstić information content (AvgIpc) is 2.07. The molecule has 0 aliphatic rings. The molecule has 1 aromatic rings. The second-order valence-electron chi connectivity index (χ2n) is 2.01. The molecule has 0 N–H and O–H groups in total. The van der Waals surface area contributed by atoms with E-state index in [1.807, 2.05) is 13.8 Å². The minimum atomic E-state index is -3.41. The van der Waals surface area contributed by atoms with Gasteiger partial charge in [0.2, 0.25) is 0 Å². The monoisotopic (exact) mass is 290 g/mol. The predicted octanol–water partition coefficient (Wildman–Crippen LogP) is 1.85. The normalized spacial score (nSPS) is 9.07. The molecule has 0 aliphatic carbocycles. The van der Waals surface area contributed by atoms with Crippen molar-refractivity contribution in [2.45, 2.75) is 13.8 Å². The van der Waals surface area contributed by atoms with Gasteiger partial charge in [0.1, 0.15) is 0 Å². The number of rotatable bonds is 2. The number of para-hydroxylation sites is 1. The first kappa shape index (κ1) is 16.5. The molecule has 0 saturated heterocycles. The first-order chi connectivity index (χ1) is 6.08. The molecule has 0 amide bonds. The van der Waals surface area contributed by atoms with Crippen LogP contribution in [0.4, 0.5) is 0 Å². The van der Waals surface area contributed by atoms with Crippen LogP contribution in [0.25, 0.3) is 0 Å². The molecule has 14 heavy (non-hydrogen) atoms. The van der Waals surface area contributed by atoms with Crippen molar-refractivity contribution in [3.63, 3.8) is 0 Å². The molecular weight excluding hydrogens is 277 g/mol. The minimum absolute atomic E-state index is 0. The molecule has 0 atom stereocenters. The van der Waals surface area contributed by atoms with Crippen LogP contribution in [-0.4, -0.2) is 14.7 Å². The molecular formula is C9H13O3SY-. The van der Waals surface area contributed by atoms with Gasteiger partial charge in [0.05, 0.1) is 6.26 Å². The molecule has 0 unspecified atom stereocenters. The van der Waals surface area contributed by atoms with Gasteiger partial charge in [-0.15, -0.1) is 12.1 Å². The van der Waals surface area contributed by atoms with Crippen molar-refractivity contribution in [2.75, 3.05) is 6.26 Å². The van der Waals surface area contributed by atoms with E-state index in [9.17, 15) is 8.42 Å². The Morgan fingerprint density at radius 2 is 1.86 bits per heavy atom. The fraction of sp³-hybridized carbons (Fsp3) is 0.333. The summed E-state index contributed by atoms with van der Waals surface area (Å²) in [6.07, 6.45) is 0.994. The molecule has 5 heteroatoms. The van der Waals surface area contributed by atoms with Crippen molar-refractivity contribution in [1.82, 2.24) is 0 Å². The maximum atomic E-state index is 10.6. The van der Waals surface area contributed by atoms with Crippen molar-refractivity contribution < 1.29 is 45.3 Å². The van der Waals surface area contributed by atoms with Gasteiger partial charge < -0.3 is 4.18 Å². The molecule has 1 rings (SSSR count). The van der Waals surface area contributed by atoms with Gasteiger partial charge in [-0.3, -0.25) is 0 Å². The molecule has 0 heterocycles. The molecule has 0 fully saturated rings. The molecule has 1 radical (unpaired) electrons. The molecule has 0 aliphatic heterocycles. The van der Waals surface area contributed by atoms with Crippen LogP contribution in [0, 0.1) is 6.07 Å². The van der Waals surface area contributed by atoms with Crippen LogP contribution < -0.4 is 4.18 Å². The summed E-state index contributed by atoms with van der Waals surface area (Å²) < 4.78 is 25.6. The van der Waals surface area contributed by atoms with Gasteiger partial charge >= 0.3 is 10.1 Å². The van der Waals surface area contributed by atoms with Gasteiger partial charge in [-0.1, -0.05) is 13.8 Å². The second kappa shape index (κ2) is 8.39. The molecule has 0 spiro atoms. The molecule has 0 bridgehead atoms. The fourth-order valence-electron chi connectivity index (χ4n) is 0.592. The van der Waals surface area contributed by atoms with Crippen LogP contribution in [0.15, 0.2) is 24.3 Å². The van der Waals surface area contributed by atoms with Crippen molar-refractivity contribution in [2.24, 2.45) is 0 Å². The van der Waals surface area contributed by atoms with Crippen LogP contribution in [0.1, 0.15) is 13.8 Å². The third kappa shape index (κ3) is 8.66. The minimum Gasteiger partial charge on any atom is -0.410 e. The van der Waals surface area contributed by atoms with E-state index >= 15 is 0 Å². The fourth-order valence-corrected chi connectivity index (χ4v) is 1.02. The maximum Gasteiger partial charge on any atom is 0.304 e. The van der Waals surface area contributed by atoms with Crippen LogP contribution in [0.3, 0.4) is 0 Å². The summed E-state index contributed by atoms with van der Waals surface area (Å²) in [5.74, 6) is 0.218. The SMILES string of the molecule is CC.CS(=O)(=O)Oc1[c-]cccc1.[Y]. The van der Waals surface area contributed by atoms with Crippen molar-refractivity contribution in [3.8, 4) is 5.75 Å². The molecule has 1 aromatic carbocycles. The van der Waals surface area contributed by atoms with Crippen LogP contribution >= 0.6 is 0 Å². The first-order valence-electron chi connectivity index (χ1n) is 3.94. The Bertz CT molecular complexity index is 321. The standard InChI is InChI=1S/C7H7O3S.C2H6.Y/c1-11(8,9)10-7-5-3-2-4-6-7;1-2;/h2-5H,1H3;1-2H3;/q-1;;. The number of hydrogen-bond donors (Lipinski definition) is 0. The Morgan fingerprint density at radius 1 is 1.29 bits per heavy atom. The predicted molar refractivity (Wildman–Crippen MR) is 52.1 cm³/mol. The Hall–Kier alpha value is 0.0739. The largest absolute Gasteiger partial charge is 0.410 e. The summed E-state index contributed by atoms with van der Waals surface area (Å²) in [4.78, 5) is 0. The Labute approximate surface area is 111 Å². The zero-order chi connectivity index (χ0) is 10.3. The second-order valence-corrected chi connectivity index (χ2v) is 3.59. The Morgan fingerprint density at radius 3 is 2.21 bits per heavy atom. The number of benzene rings is 1. The average molecular weight is 290 g/mol. The molecule has 0 saturated carbocycles. The summed E-state index contributed by atoms with van der Waals surface area (Å²) in [5, 5.41) is 0. The summed E-state index contributed by atoms with van der Waals surface area (Å²) >= 11 is 0. The first-order valence-corrected chi connectivity index (χ1v) is 5.76. The zero-order valence-electron chi connectivity index (χ0n) is 8.52. The van der Waals surface area contributed by atoms with E-state index in [-0.39, 0.29) is 38.5 Å². The van der Waals surface area contributed by atoms with Crippen molar-refractivity contribution in [3.05, 3.63) is 30.3 Å². The molecule has 3 nitrogen and oxygen atoms in total. The van der Waals surface area contributed by atoms with E-state index in [2.05, 4.69) is 10.2 Å². The quantitative estimate of drug-likeness (QED) is 0.616. The molecule has 0 aromatic heterocycles. The Kier molecular flexibility index (Phi) is 9.89. The third-order valence-corrected chi connectivity index (χ3v) is 1.40. The maximum absolute atomic E-state index is 10.6. The summed E-state index contributed by atoms with van der Waals surface area (Å²) in [6, 6.07) is 9.15. The summed E-state index contributed by atoms with van der Waals surface area (Å²) in [7, 11) is -3.41. The van der Waals surface area contributed by atoms with Gasteiger partial charge in [-0.2, -0.15) is 26.6 Å². The van der Waals surface area contributed by atoms with E-state index in [4.69, 9.17) is 0 Å². The topological polar surface area (TPSA) is 43.4 Å². The van der Waals surface area contributed by atoms with E-state index in [1.54, 1.807) is 18.2 Å². The van der Waals surface area contributed by atoms with E-state index in [0.29, 0.717) is 0 Å². The van der Waals surface area contributed by atoms with E-state index in [0.717, 1.165) is 6.26 Å². The van der Waals surface area contributed by atoms with Crippen molar-refractivity contribution >= 4 is 10.1 Å². The smallest absolute Gasteiger partial charge is 0.304 e. The Balaban J connectivity index is 0. The van der Waals surface area contributed by atoms with Gasteiger partial charge in [-0.25, -0.2) is 0 Å². The van der Waals surface area contributed by atoms with Crippen molar-refractivity contribution in [1.29, 1.82) is 0 Å². The molecule has 77 valence electrons. The van der Waals surface area contributed by atoms with Gasteiger partial charge in [0, 0.05) is 38.5 Å². The van der Waals surface area contributed by atoms with Gasteiger partial charge in [0.25, 0.3) is 0 Å². The van der Waals surface area contributed by atoms with Crippen LogP contribution in [-0.2, 0) is 42.8 Å². The van der Waals surface area contributed by atoms with Gasteiger partial charge in [0.15, 0.2) is 0 Å². The van der Waals surface area contributed by atoms with Crippen LogP contribution in [0.5, 0.6) is 5.75 Å².